The molecule has 2 N–H and O–H groups in total. The lowest BCUT2D eigenvalue weighted by atomic mass is 10.2. The van der Waals surface area contributed by atoms with Crippen LogP contribution in [-0.4, -0.2) is 24.2 Å². The van der Waals surface area contributed by atoms with Gasteiger partial charge in [0.25, 0.3) is 0 Å². The molecule has 0 aliphatic heterocycles. The molecule has 0 aliphatic carbocycles. The van der Waals surface area contributed by atoms with Crippen LogP contribution in [0.25, 0.3) is 0 Å². The van der Waals surface area contributed by atoms with Gasteiger partial charge in [-0.2, -0.15) is 0 Å². The molecular formula is C8H15NO2. The molecule has 0 aromatic heterocycles. The summed E-state index contributed by atoms with van der Waals surface area (Å²) in [6.07, 6.45) is 2.75. The van der Waals surface area contributed by atoms with Gasteiger partial charge in [-0.3, -0.25) is 0 Å². The Morgan fingerprint density at radius 1 is 1.64 bits per heavy atom. The predicted octanol–water partition coefficient (Wildman–Crippen LogP) is 0.873. The third-order valence-electron chi connectivity index (χ3n) is 1.08. The van der Waals surface area contributed by atoms with Gasteiger partial charge in [0.2, 0.25) is 0 Å². The van der Waals surface area contributed by atoms with Gasteiger partial charge < -0.3 is 10.4 Å². The Kier molecular flexibility index (Phi) is 5.47. The van der Waals surface area contributed by atoms with E-state index in [4.69, 9.17) is 5.11 Å². The number of rotatable bonds is 5. The van der Waals surface area contributed by atoms with E-state index in [1.54, 1.807) is 6.08 Å². The molecule has 0 radical (unpaired) electrons. The first-order valence-corrected chi connectivity index (χ1v) is 3.73. The van der Waals surface area contributed by atoms with Crippen LogP contribution in [0.15, 0.2) is 12.2 Å². The summed E-state index contributed by atoms with van der Waals surface area (Å²) in [4.78, 5) is 9.98. The maximum absolute atomic E-state index is 9.98. The molecule has 0 aromatic rings. The van der Waals surface area contributed by atoms with Crippen molar-refractivity contribution in [3.63, 3.8) is 0 Å². The van der Waals surface area contributed by atoms with Gasteiger partial charge in [0.15, 0.2) is 0 Å². The molecule has 0 unspecified atom stereocenters. The summed E-state index contributed by atoms with van der Waals surface area (Å²) in [6, 6.07) is 0. The zero-order chi connectivity index (χ0) is 8.69. The zero-order valence-corrected chi connectivity index (χ0v) is 7.00. The summed E-state index contributed by atoms with van der Waals surface area (Å²) in [7, 11) is 0. The van der Waals surface area contributed by atoms with Crippen LogP contribution in [0, 0.1) is 5.92 Å². The fourth-order valence-electron chi connectivity index (χ4n) is 0.615. The molecular weight excluding hydrogens is 142 g/mol. The van der Waals surface area contributed by atoms with Crippen LogP contribution < -0.4 is 5.32 Å². The van der Waals surface area contributed by atoms with E-state index in [0.29, 0.717) is 12.5 Å². The summed E-state index contributed by atoms with van der Waals surface area (Å²) in [5, 5.41) is 11.3. The Morgan fingerprint density at radius 3 is 2.73 bits per heavy atom. The van der Waals surface area contributed by atoms with Gasteiger partial charge in [-0.05, 0) is 12.5 Å². The first-order valence-electron chi connectivity index (χ1n) is 3.73. The van der Waals surface area contributed by atoms with Gasteiger partial charge in [0.05, 0.1) is 0 Å². The summed E-state index contributed by atoms with van der Waals surface area (Å²) < 4.78 is 0. The van der Waals surface area contributed by atoms with E-state index in [2.05, 4.69) is 19.2 Å². The van der Waals surface area contributed by atoms with Gasteiger partial charge in [-0.15, -0.1) is 0 Å². The highest BCUT2D eigenvalue weighted by atomic mass is 16.4. The van der Waals surface area contributed by atoms with Crippen LogP contribution in [0.4, 0.5) is 0 Å². The third kappa shape index (κ3) is 9.17. The molecule has 0 aromatic carbocycles. The predicted molar refractivity (Wildman–Crippen MR) is 44.5 cm³/mol. The van der Waals surface area contributed by atoms with Crippen LogP contribution >= 0.6 is 0 Å². The zero-order valence-electron chi connectivity index (χ0n) is 7.00. The minimum Gasteiger partial charge on any atom is -0.478 e. The largest absolute Gasteiger partial charge is 0.478 e. The molecule has 0 fully saturated rings. The maximum Gasteiger partial charge on any atom is 0.328 e. The standard InChI is InChI=1S/C8H15NO2/c1-7(2)6-9-5-3-4-8(10)11/h3-4,7,9H,5-6H2,1-2H3,(H,10,11)/b4-3+. The van der Waals surface area contributed by atoms with E-state index in [9.17, 15) is 4.79 Å². The Labute approximate surface area is 67.1 Å². The van der Waals surface area contributed by atoms with Crippen LogP contribution in [0.1, 0.15) is 13.8 Å². The van der Waals surface area contributed by atoms with E-state index < -0.39 is 5.97 Å². The van der Waals surface area contributed by atoms with Crippen molar-refractivity contribution in [2.24, 2.45) is 5.92 Å². The van der Waals surface area contributed by atoms with Crippen molar-refractivity contribution in [1.82, 2.24) is 5.32 Å². The van der Waals surface area contributed by atoms with Gasteiger partial charge >= 0.3 is 5.97 Å². The van der Waals surface area contributed by atoms with Crippen molar-refractivity contribution in [1.29, 1.82) is 0 Å². The SMILES string of the molecule is CC(C)CNC/C=C/C(=O)O. The minimum absolute atomic E-state index is 0.605. The molecule has 0 saturated heterocycles. The highest BCUT2D eigenvalue weighted by Gasteiger charge is 1.89. The summed E-state index contributed by atoms with van der Waals surface area (Å²) >= 11 is 0. The van der Waals surface area contributed by atoms with Crippen molar-refractivity contribution in [2.75, 3.05) is 13.1 Å². The molecule has 3 heteroatoms. The molecule has 0 heterocycles. The number of carbonyl (C=O) groups is 1. The van der Waals surface area contributed by atoms with E-state index in [1.165, 1.54) is 0 Å². The molecule has 64 valence electrons. The smallest absolute Gasteiger partial charge is 0.328 e. The Bertz CT molecular complexity index is 141. The Morgan fingerprint density at radius 2 is 2.27 bits per heavy atom. The molecule has 3 nitrogen and oxygen atoms in total. The molecule has 0 bridgehead atoms. The highest BCUT2D eigenvalue weighted by Crippen LogP contribution is 1.85. The first-order chi connectivity index (χ1) is 5.13. The van der Waals surface area contributed by atoms with E-state index in [-0.39, 0.29) is 0 Å². The Balaban J connectivity index is 3.21. The van der Waals surface area contributed by atoms with E-state index in [1.807, 2.05) is 0 Å². The Hall–Kier alpha value is -0.830. The molecule has 0 saturated carbocycles. The number of carboxylic acids is 1. The average Bonchev–Trinajstić information content (AvgIpc) is 1.85. The molecule has 0 spiro atoms. The summed E-state index contributed by atoms with van der Waals surface area (Å²) in [5.74, 6) is -0.287. The third-order valence-corrected chi connectivity index (χ3v) is 1.08. The first kappa shape index (κ1) is 10.2. The summed E-state index contributed by atoms with van der Waals surface area (Å²) in [6.45, 7) is 5.76. The minimum atomic E-state index is -0.892. The average molecular weight is 157 g/mol. The highest BCUT2D eigenvalue weighted by molar-refractivity contribution is 5.79. The quantitative estimate of drug-likeness (QED) is 0.460. The second-order valence-electron chi connectivity index (χ2n) is 2.79. The van der Waals surface area contributed by atoms with E-state index in [0.717, 1.165) is 12.6 Å². The second-order valence-corrected chi connectivity index (χ2v) is 2.79. The molecule has 0 atom stereocenters. The number of hydrogen-bond donors (Lipinski definition) is 2. The number of nitrogens with one attached hydrogen (secondary N) is 1. The topological polar surface area (TPSA) is 49.3 Å². The van der Waals surface area contributed by atoms with Crippen molar-refractivity contribution in [2.45, 2.75) is 13.8 Å². The van der Waals surface area contributed by atoms with E-state index >= 15 is 0 Å². The maximum atomic E-state index is 9.98. The van der Waals surface area contributed by atoms with Gasteiger partial charge in [0.1, 0.15) is 0 Å². The molecule has 0 rings (SSSR count). The van der Waals surface area contributed by atoms with Gasteiger partial charge in [-0.1, -0.05) is 19.9 Å². The van der Waals surface area contributed by atoms with Crippen LogP contribution in [0.5, 0.6) is 0 Å². The normalized spacial score (nSPS) is 11.2. The number of hydrogen-bond acceptors (Lipinski definition) is 2. The summed E-state index contributed by atoms with van der Waals surface area (Å²) in [5.41, 5.74) is 0. The fourth-order valence-corrected chi connectivity index (χ4v) is 0.615. The van der Waals surface area contributed by atoms with Crippen LogP contribution in [0.2, 0.25) is 0 Å². The number of carboxylic acid groups (broad SMARTS) is 1. The molecule has 0 aliphatic rings. The lowest BCUT2D eigenvalue weighted by molar-refractivity contribution is -0.131. The monoisotopic (exact) mass is 157 g/mol. The van der Waals surface area contributed by atoms with Crippen molar-refractivity contribution < 1.29 is 9.90 Å². The van der Waals surface area contributed by atoms with Crippen molar-refractivity contribution in [3.05, 3.63) is 12.2 Å². The van der Waals surface area contributed by atoms with Gasteiger partial charge in [0, 0.05) is 12.6 Å². The van der Waals surface area contributed by atoms with Crippen LogP contribution in [0.3, 0.4) is 0 Å². The van der Waals surface area contributed by atoms with Crippen LogP contribution in [-0.2, 0) is 4.79 Å². The van der Waals surface area contributed by atoms with Crippen molar-refractivity contribution in [3.8, 4) is 0 Å². The molecule has 11 heavy (non-hydrogen) atoms. The number of aliphatic carboxylic acids is 1. The lowest BCUT2D eigenvalue weighted by Gasteiger charge is -2.02. The second kappa shape index (κ2) is 5.92. The molecule has 0 amide bonds. The van der Waals surface area contributed by atoms with Gasteiger partial charge in [-0.25, -0.2) is 4.79 Å². The lowest BCUT2D eigenvalue weighted by Crippen LogP contribution is -2.19. The van der Waals surface area contributed by atoms with Crippen molar-refractivity contribution >= 4 is 5.97 Å². The fraction of sp³-hybridized carbons (Fsp3) is 0.625.